The zero-order valence-electron chi connectivity index (χ0n) is 17.4. The van der Waals surface area contributed by atoms with E-state index in [-0.39, 0.29) is 30.1 Å². The Hall–Kier alpha value is -0.820. The molecule has 1 aliphatic carbocycles. The third-order valence-electron chi connectivity index (χ3n) is 6.86. The topological polar surface area (TPSA) is 36.9 Å². The third-order valence-corrected chi connectivity index (χ3v) is 6.86. The van der Waals surface area contributed by atoms with E-state index in [1.165, 1.54) is 56.3 Å². The molecule has 4 atom stereocenters. The van der Waals surface area contributed by atoms with Crippen LogP contribution in [0.3, 0.4) is 0 Å². The van der Waals surface area contributed by atoms with Crippen LogP contribution in [0.4, 0.5) is 0 Å². The second-order valence-electron chi connectivity index (χ2n) is 8.74. The number of nitrogens with zero attached hydrogens (tertiary/aromatic N) is 2. The number of likely N-dealkylation sites (tertiary alicyclic amines) is 1. The minimum absolute atomic E-state index is 0. The van der Waals surface area contributed by atoms with Gasteiger partial charge in [0.15, 0.2) is 5.96 Å². The molecular formula is C23H36IN3O. The summed E-state index contributed by atoms with van der Waals surface area (Å²) in [5.74, 6) is 3.37. The number of fused-ring (bicyclic) bond motifs is 1. The maximum absolute atomic E-state index is 6.19. The van der Waals surface area contributed by atoms with Gasteiger partial charge < -0.3 is 15.0 Å². The zero-order chi connectivity index (χ0) is 18.6. The van der Waals surface area contributed by atoms with Gasteiger partial charge in [-0.05, 0) is 50.0 Å². The van der Waals surface area contributed by atoms with Gasteiger partial charge in [-0.1, -0.05) is 42.7 Å². The van der Waals surface area contributed by atoms with E-state index in [0.29, 0.717) is 5.92 Å². The van der Waals surface area contributed by atoms with Gasteiger partial charge in [-0.3, -0.25) is 4.99 Å². The van der Waals surface area contributed by atoms with Crippen LogP contribution in [0.1, 0.15) is 55.8 Å². The molecule has 1 saturated carbocycles. The molecule has 28 heavy (non-hydrogen) atoms. The lowest BCUT2D eigenvalue weighted by atomic mass is 9.82. The van der Waals surface area contributed by atoms with Crippen LogP contribution in [-0.4, -0.2) is 44.1 Å². The smallest absolute Gasteiger partial charge is 0.193 e. The summed E-state index contributed by atoms with van der Waals surface area (Å²) in [4.78, 5) is 7.12. The predicted molar refractivity (Wildman–Crippen MR) is 126 cm³/mol. The summed E-state index contributed by atoms with van der Waals surface area (Å²) in [6, 6.07) is 8.86. The van der Waals surface area contributed by atoms with Crippen LogP contribution in [-0.2, 0) is 4.74 Å². The summed E-state index contributed by atoms with van der Waals surface area (Å²) in [5.41, 5.74) is 2.62. The van der Waals surface area contributed by atoms with Crippen LogP contribution < -0.4 is 5.32 Å². The van der Waals surface area contributed by atoms with Crippen LogP contribution in [0.15, 0.2) is 29.3 Å². The quantitative estimate of drug-likeness (QED) is 0.371. The molecule has 2 saturated heterocycles. The van der Waals surface area contributed by atoms with Crippen molar-refractivity contribution in [1.29, 1.82) is 0 Å². The number of nitrogens with one attached hydrogen (secondary N) is 1. The highest BCUT2D eigenvalue weighted by atomic mass is 127. The molecule has 1 aromatic carbocycles. The van der Waals surface area contributed by atoms with Gasteiger partial charge in [-0.25, -0.2) is 0 Å². The van der Waals surface area contributed by atoms with Gasteiger partial charge in [-0.2, -0.15) is 0 Å². The highest BCUT2D eigenvalue weighted by Crippen LogP contribution is 2.36. The van der Waals surface area contributed by atoms with Crippen molar-refractivity contribution >= 4 is 29.9 Å². The van der Waals surface area contributed by atoms with Crippen LogP contribution in [0.5, 0.6) is 0 Å². The summed E-state index contributed by atoms with van der Waals surface area (Å²) in [6.07, 6.45) is 8.21. The normalized spacial score (nSPS) is 30.5. The number of hydrogen-bond donors (Lipinski definition) is 1. The summed E-state index contributed by atoms with van der Waals surface area (Å²) >= 11 is 0. The van der Waals surface area contributed by atoms with Crippen LogP contribution in [0.25, 0.3) is 0 Å². The summed E-state index contributed by atoms with van der Waals surface area (Å²) in [5, 5.41) is 3.70. The van der Waals surface area contributed by atoms with Crippen LogP contribution >= 0.6 is 24.0 Å². The molecule has 1 N–H and O–H groups in total. The fraction of sp³-hybridized carbons (Fsp3) is 0.696. The summed E-state index contributed by atoms with van der Waals surface area (Å²) in [7, 11) is 1.93. The zero-order valence-corrected chi connectivity index (χ0v) is 19.7. The number of aliphatic imine (C=N–C) groups is 1. The van der Waals surface area contributed by atoms with E-state index in [2.05, 4.69) is 46.4 Å². The van der Waals surface area contributed by atoms with Crippen molar-refractivity contribution < 1.29 is 4.74 Å². The van der Waals surface area contributed by atoms with Crippen LogP contribution in [0.2, 0.25) is 0 Å². The molecule has 3 fully saturated rings. The molecule has 0 aromatic heterocycles. The molecule has 2 heterocycles. The van der Waals surface area contributed by atoms with Crippen molar-refractivity contribution in [2.75, 3.05) is 33.3 Å². The Bertz CT molecular complexity index is 634. The Labute approximate surface area is 187 Å². The SMILES string of the molecule is CN=C(NCC1CCCOC1c1ccc(C)cc1)N1CC2CCCCC2C1.I. The number of hydrogen-bond acceptors (Lipinski definition) is 2. The van der Waals surface area contributed by atoms with Crippen molar-refractivity contribution in [1.82, 2.24) is 10.2 Å². The van der Waals surface area contributed by atoms with Gasteiger partial charge in [0, 0.05) is 39.2 Å². The minimum atomic E-state index is 0. The second-order valence-corrected chi connectivity index (χ2v) is 8.74. The van der Waals surface area contributed by atoms with E-state index in [4.69, 9.17) is 4.74 Å². The van der Waals surface area contributed by atoms with Gasteiger partial charge >= 0.3 is 0 Å². The van der Waals surface area contributed by atoms with E-state index in [0.717, 1.165) is 37.4 Å². The molecule has 4 rings (SSSR count). The Morgan fingerprint density at radius 1 is 1.07 bits per heavy atom. The first-order valence-corrected chi connectivity index (χ1v) is 10.9. The van der Waals surface area contributed by atoms with Crippen molar-refractivity contribution in [2.24, 2.45) is 22.7 Å². The van der Waals surface area contributed by atoms with Crippen molar-refractivity contribution in [3.63, 3.8) is 0 Å². The fourth-order valence-corrected chi connectivity index (χ4v) is 5.31. The van der Waals surface area contributed by atoms with E-state index < -0.39 is 0 Å². The summed E-state index contributed by atoms with van der Waals surface area (Å²) < 4.78 is 6.19. The Morgan fingerprint density at radius 3 is 2.39 bits per heavy atom. The predicted octanol–water partition coefficient (Wildman–Crippen LogP) is 4.78. The highest BCUT2D eigenvalue weighted by molar-refractivity contribution is 14.0. The standard InChI is InChI=1S/C23H35N3O.HI/c1-17-9-11-18(12-10-17)22-19(8-5-13-27-22)14-25-23(24-2)26-15-20-6-3-4-7-21(20)16-26;/h9-12,19-22H,3-8,13-16H2,1-2H3,(H,24,25);1H. The average molecular weight is 497 g/mol. The molecule has 2 aliphatic heterocycles. The Morgan fingerprint density at radius 2 is 1.75 bits per heavy atom. The molecular weight excluding hydrogens is 461 g/mol. The molecule has 4 nitrogen and oxygen atoms in total. The van der Waals surface area contributed by atoms with E-state index in [1.54, 1.807) is 0 Å². The van der Waals surface area contributed by atoms with Gasteiger partial charge in [0.05, 0.1) is 6.10 Å². The molecule has 1 aromatic rings. The van der Waals surface area contributed by atoms with E-state index in [9.17, 15) is 0 Å². The highest BCUT2D eigenvalue weighted by Gasteiger charge is 2.36. The van der Waals surface area contributed by atoms with Crippen LogP contribution in [0, 0.1) is 24.7 Å². The lowest BCUT2D eigenvalue weighted by Gasteiger charge is -2.33. The number of rotatable bonds is 3. The Balaban J connectivity index is 0.00000225. The number of guanidine groups is 1. The van der Waals surface area contributed by atoms with Gasteiger partial charge in [-0.15, -0.1) is 24.0 Å². The third kappa shape index (κ3) is 5.02. The molecule has 3 aliphatic rings. The number of benzene rings is 1. The largest absolute Gasteiger partial charge is 0.373 e. The molecule has 0 bridgehead atoms. The lowest BCUT2D eigenvalue weighted by molar-refractivity contribution is -0.0266. The Kier molecular flexibility index (Phi) is 8.03. The first-order chi connectivity index (χ1) is 13.2. The average Bonchev–Trinajstić information content (AvgIpc) is 3.13. The van der Waals surface area contributed by atoms with Crippen molar-refractivity contribution in [3.8, 4) is 0 Å². The lowest BCUT2D eigenvalue weighted by Crippen LogP contribution is -2.43. The number of ether oxygens (including phenoxy) is 1. The number of aryl methyl sites for hydroxylation is 1. The van der Waals surface area contributed by atoms with Gasteiger partial charge in [0.25, 0.3) is 0 Å². The minimum Gasteiger partial charge on any atom is -0.373 e. The second kappa shape index (κ2) is 10.3. The molecule has 0 amide bonds. The van der Waals surface area contributed by atoms with Crippen molar-refractivity contribution in [3.05, 3.63) is 35.4 Å². The van der Waals surface area contributed by atoms with E-state index in [1.807, 2.05) is 7.05 Å². The molecule has 0 spiro atoms. The molecule has 4 unspecified atom stereocenters. The molecule has 156 valence electrons. The molecule has 5 heteroatoms. The monoisotopic (exact) mass is 497 g/mol. The van der Waals surface area contributed by atoms with Gasteiger partial charge in [0.2, 0.25) is 0 Å². The van der Waals surface area contributed by atoms with Crippen molar-refractivity contribution in [2.45, 2.75) is 51.6 Å². The first kappa shape index (κ1) is 21.9. The van der Waals surface area contributed by atoms with E-state index >= 15 is 0 Å². The van der Waals surface area contributed by atoms with Gasteiger partial charge in [0.1, 0.15) is 0 Å². The number of halogens is 1. The first-order valence-electron chi connectivity index (χ1n) is 10.9. The molecule has 0 radical (unpaired) electrons. The maximum Gasteiger partial charge on any atom is 0.193 e. The summed E-state index contributed by atoms with van der Waals surface area (Å²) in [6.45, 7) is 6.33. The maximum atomic E-state index is 6.19. The fourth-order valence-electron chi connectivity index (χ4n) is 5.31.